The summed E-state index contributed by atoms with van der Waals surface area (Å²) < 4.78 is 0. The summed E-state index contributed by atoms with van der Waals surface area (Å²) in [5, 5.41) is 5.00. The third-order valence-corrected chi connectivity index (χ3v) is 13.2. The number of para-hydroxylation sites is 4. The van der Waals surface area contributed by atoms with Gasteiger partial charge in [-0.05, 0) is 132 Å². The van der Waals surface area contributed by atoms with Gasteiger partial charge in [0.15, 0.2) is 0 Å². The zero-order valence-electron chi connectivity index (χ0n) is 33.7. The minimum atomic E-state index is -0.139. The van der Waals surface area contributed by atoms with Gasteiger partial charge in [0.1, 0.15) is 0 Å². The van der Waals surface area contributed by atoms with E-state index in [1.54, 1.807) is 0 Å². The number of rotatable bonds is 4. The van der Waals surface area contributed by atoms with E-state index in [9.17, 15) is 0 Å². The Labute approximate surface area is 351 Å². The van der Waals surface area contributed by atoms with E-state index in [-0.39, 0.29) is 5.41 Å². The van der Waals surface area contributed by atoms with E-state index in [2.05, 4.69) is 230 Å². The number of hydrogen-bond acceptors (Lipinski definition) is 2. The molecule has 0 aromatic heterocycles. The van der Waals surface area contributed by atoms with Crippen molar-refractivity contribution in [2.24, 2.45) is 0 Å². The maximum absolute atomic E-state index is 2.46. The lowest BCUT2D eigenvalue weighted by molar-refractivity contribution is 0.660. The standard InChI is InChI=1S/C58H42N2/c1-58(2)52-34-39(22-30-50(52)51-32-28-47(37-53(51)58)60-56-17-9-5-13-44(56)35-45-14-6-10-18-57(45)60)20-19-38-21-29-48-42(33-38)25-26-43-36-46(27-31-49(43)48)59-54-15-7-3-11-40(54)23-24-41-12-4-8-16-55(41)59/h3-34,36-37H,35H2,1-2H3/b20-19+. The maximum atomic E-state index is 2.46. The second kappa shape index (κ2) is 13.3. The fraction of sp³-hybridized carbons (Fsp3) is 0.0690. The normalized spacial score (nSPS) is 14.4. The van der Waals surface area contributed by atoms with Crippen LogP contribution in [-0.4, -0.2) is 0 Å². The van der Waals surface area contributed by atoms with Gasteiger partial charge in [-0.1, -0.05) is 166 Å². The number of fused-ring (bicyclic) bond motifs is 10. The predicted molar refractivity (Wildman–Crippen MR) is 255 cm³/mol. The smallest absolute Gasteiger partial charge is 0.0534 e. The highest BCUT2D eigenvalue weighted by Gasteiger charge is 2.36. The SMILES string of the molecule is CC1(C)c2cc(/C=C/c3ccc4c(ccc5cc(N6c7ccccc7C=Cc7ccccc76)ccc54)c3)ccc2-c2ccc(N3c4ccccc4Cc4ccccc43)cc21. The Balaban J connectivity index is 0.843. The molecule has 3 aliphatic rings. The summed E-state index contributed by atoms with van der Waals surface area (Å²) in [5.41, 5.74) is 20.1. The first-order chi connectivity index (χ1) is 29.5. The van der Waals surface area contributed by atoms with Gasteiger partial charge in [-0.25, -0.2) is 0 Å². The molecule has 0 amide bonds. The second-order valence-electron chi connectivity index (χ2n) is 17.0. The van der Waals surface area contributed by atoms with Crippen molar-refractivity contribution in [3.63, 3.8) is 0 Å². The first-order valence-corrected chi connectivity index (χ1v) is 21.0. The van der Waals surface area contributed by atoms with Crippen LogP contribution < -0.4 is 9.80 Å². The Hall–Kier alpha value is -7.42. The van der Waals surface area contributed by atoms with Crippen molar-refractivity contribution in [2.75, 3.05) is 9.80 Å². The van der Waals surface area contributed by atoms with Gasteiger partial charge in [-0.3, -0.25) is 0 Å². The molecular weight excluding hydrogens is 725 g/mol. The van der Waals surface area contributed by atoms with Gasteiger partial charge in [-0.2, -0.15) is 0 Å². The summed E-state index contributed by atoms with van der Waals surface area (Å²) in [4.78, 5) is 4.85. The minimum Gasteiger partial charge on any atom is -0.310 e. The number of hydrogen-bond donors (Lipinski definition) is 0. The highest BCUT2D eigenvalue weighted by Crippen LogP contribution is 2.52. The zero-order valence-corrected chi connectivity index (χ0v) is 33.7. The van der Waals surface area contributed by atoms with E-state index >= 15 is 0 Å². The Morgan fingerprint density at radius 3 is 1.55 bits per heavy atom. The molecule has 0 N–H and O–H groups in total. The monoisotopic (exact) mass is 766 g/mol. The molecule has 9 aromatic carbocycles. The highest BCUT2D eigenvalue weighted by molar-refractivity contribution is 6.09. The molecule has 0 bridgehead atoms. The summed E-state index contributed by atoms with van der Waals surface area (Å²) in [7, 11) is 0. The number of anilines is 6. The molecule has 2 nitrogen and oxygen atoms in total. The molecule has 284 valence electrons. The minimum absolute atomic E-state index is 0.139. The van der Waals surface area contributed by atoms with Crippen LogP contribution in [0, 0.1) is 0 Å². The van der Waals surface area contributed by atoms with Crippen molar-refractivity contribution in [3.8, 4) is 11.1 Å². The molecule has 9 aromatic rings. The molecule has 0 fully saturated rings. The van der Waals surface area contributed by atoms with Crippen LogP contribution in [0.4, 0.5) is 34.1 Å². The average molecular weight is 767 g/mol. The van der Waals surface area contributed by atoms with Gasteiger partial charge in [-0.15, -0.1) is 0 Å². The molecular formula is C58H42N2. The van der Waals surface area contributed by atoms with E-state index in [1.165, 1.54) is 106 Å². The first-order valence-electron chi connectivity index (χ1n) is 21.0. The van der Waals surface area contributed by atoms with Gasteiger partial charge in [0.2, 0.25) is 0 Å². The van der Waals surface area contributed by atoms with Crippen LogP contribution in [0.3, 0.4) is 0 Å². The topological polar surface area (TPSA) is 6.48 Å². The van der Waals surface area contributed by atoms with Crippen LogP contribution in [0.25, 0.3) is 57.0 Å². The quantitative estimate of drug-likeness (QED) is 0.130. The molecule has 2 heterocycles. The van der Waals surface area contributed by atoms with Gasteiger partial charge in [0.05, 0.1) is 11.4 Å². The van der Waals surface area contributed by atoms with Crippen LogP contribution >= 0.6 is 0 Å². The van der Waals surface area contributed by atoms with Gasteiger partial charge < -0.3 is 9.80 Å². The molecule has 0 spiro atoms. The number of nitrogens with zero attached hydrogens (tertiary/aromatic N) is 2. The molecule has 0 radical (unpaired) electrons. The third-order valence-electron chi connectivity index (χ3n) is 13.2. The molecule has 1 aliphatic carbocycles. The van der Waals surface area contributed by atoms with E-state index in [4.69, 9.17) is 0 Å². The predicted octanol–water partition coefficient (Wildman–Crippen LogP) is 15.8. The molecule has 60 heavy (non-hydrogen) atoms. The van der Waals surface area contributed by atoms with E-state index in [0.29, 0.717) is 0 Å². The van der Waals surface area contributed by atoms with Gasteiger partial charge in [0, 0.05) is 34.6 Å². The summed E-state index contributed by atoms with van der Waals surface area (Å²) >= 11 is 0. The fourth-order valence-corrected chi connectivity index (χ4v) is 10.1. The lowest BCUT2D eigenvalue weighted by Gasteiger charge is -2.34. The van der Waals surface area contributed by atoms with Crippen molar-refractivity contribution in [1.29, 1.82) is 0 Å². The third kappa shape index (κ3) is 5.41. The zero-order chi connectivity index (χ0) is 40.0. The van der Waals surface area contributed by atoms with Crippen molar-refractivity contribution in [2.45, 2.75) is 25.7 Å². The van der Waals surface area contributed by atoms with Gasteiger partial charge in [0.25, 0.3) is 0 Å². The van der Waals surface area contributed by atoms with Crippen molar-refractivity contribution >= 4 is 80.0 Å². The van der Waals surface area contributed by atoms with Crippen molar-refractivity contribution < 1.29 is 0 Å². The summed E-state index contributed by atoms with van der Waals surface area (Å²) in [6, 6.07) is 67.4. The molecule has 0 saturated heterocycles. The van der Waals surface area contributed by atoms with Crippen LogP contribution in [0.2, 0.25) is 0 Å². The molecule has 0 atom stereocenters. The summed E-state index contributed by atoms with van der Waals surface area (Å²) in [5.74, 6) is 0. The van der Waals surface area contributed by atoms with E-state index in [0.717, 1.165) is 12.1 Å². The van der Waals surface area contributed by atoms with E-state index < -0.39 is 0 Å². The van der Waals surface area contributed by atoms with Crippen LogP contribution in [-0.2, 0) is 11.8 Å². The Kier molecular flexibility index (Phi) is 7.68. The molecule has 0 unspecified atom stereocenters. The van der Waals surface area contributed by atoms with Gasteiger partial charge >= 0.3 is 0 Å². The molecule has 12 rings (SSSR count). The van der Waals surface area contributed by atoms with Crippen LogP contribution in [0.15, 0.2) is 182 Å². The summed E-state index contributed by atoms with van der Waals surface area (Å²) in [6.45, 7) is 4.76. The first kappa shape index (κ1) is 34.6. The van der Waals surface area contributed by atoms with Crippen LogP contribution in [0.1, 0.15) is 58.4 Å². The van der Waals surface area contributed by atoms with Crippen molar-refractivity contribution in [3.05, 3.63) is 226 Å². The van der Waals surface area contributed by atoms with E-state index in [1.807, 2.05) is 0 Å². The summed E-state index contributed by atoms with van der Waals surface area (Å²) in [6.07, 6.45) is 9.94. The molecule has 2 heteroatoms. The molecule has 2 aliphatic heterocycles. The Morgan fingerprint density at radius 1 is 0.417 bits per heavy atom. The lowest BCUT2D eigenvalue weighted by Crippen LogP contribution is -2.20. The number of benzene rings is 9. The lowest BCUT2D eigenvalue weighted by atomic mass is 9.81. The fourth-order valence-electron chi connectivity index (χ4n) is 10.1. The second-order valence-corrected chi connectivity index (χ2v) is 17.0. The maximum Gasteiger partial charge on any atom is 0.0534 e. The Morgan fingerprint density at radius 2 is 0.883 bits per heavy atom. The van der Waals surface area contributed by atoms with Crippen LogP contribution in [0.5, 0.6) is 0 Å². The average Bonchev–Trinajstić information content (AvgIpc) is 3.39. The largest absolute Gasteiger partial charge is 0.310 e. The Bertz CT molecular complexity index is 3190. The highest BCUT2D eigenvalue weighted by atomic mass is 15.2. The molecule has 0 saturated carbocycles. The van der Waals surface area contributed by atoms with Crippen molar-refractivity contribution in [1.82, 2.24) is 0 Å².